The van der Waals surface area contributed by atoms with Crippen LogP contribution in [0.3, 0.4) is 0 Å². The topological polar surface area (TPSA) is 32.3 Å². The second-order valence-corrected chi connectivity index (χ2v) is 5.85. The summed E-state index contributed by atoms with van der Waals surface area (Å²) in [7, 11) is 2.18. The average Bonchev–Trinajstić information content (AvgIpc) is 2.80. The maximum atomic E-state index is 4.47. The van der Waals surface area contributed by atoms with E-state index in [0.29, 0.717) is 6.17 Å². The summed E-state index contributed by atoms with van der Waals surface area (Å²) in [5.41, 5.74) is 4.41. The largest absolute Gasteiger partial charge is 0.290 e. The van der Waals surface area contributed by atoms with Crippen molar-refractivity contribution >= 4 is 0 Å². The highest BCUT2D eigenvalue weighted by molar-refractivity contribution is 5.55. The summed E-state index contributed by atoms with van der Waals surface area (Å²) in [6.45, 7) is 7.57. The maximum Gasteiger partial charge on any atom is 0.0889 e. The monoisotopic (exact) mass is 282 g/mol. The summed E-state index contributed by atoms with van der Waals surface area (Å²) in [4.78, 5) is 13.8. The van der Waals surface area contributed by atoms with Gasteiger partial charge in [-0.2, -0.15) is 0 Å². The highest BCUT2D eigenvalue weighted by atomic mass is 15.4. The molecule has 1 fully saturated rings. The van der Waals surface area contributed by atoms with E-state index in [9.17, 15) is 0 Å². The molecule has 1 aliphatic rings. The van der Waals surface area contributed by atoms with E-state index in [4.69, 9.17) is 0 Å². The van der Waals surface area contributed by atoms with Gasteiger partial charge in [0.05, 0.1) is 17.6 Å². The Morgan fingerprint density at radius 3 is 2.48 bits per heavy atom. The smallest absolute Gasteiger partial charge is 0.0889 e. The van der Waals surface area contributed by atoms with Crippen molar-refractivity contribution in [1.82, 2.24) is 19.8 Å². The molecular weight excluding hydrogens is 260 g/mol. The molecule has 4 heteroatoms. The van der Waals surface area contributed by atoms with Crippen LogP contribution in [0.4, 0.5) is 0 Å². The summed E-state index contributed by atoms with van der Waals surface area (Å²) in [6.07, 6.45) is 4.23. The minimum atomic E-state index is 0.499. The van der Waals surface area contributed by atoms with Crippen LogP contribution in [-0.4, -0.2) is 46.1 Å². The number of rotatable bonds is 3. The van der Waals surface area contributed by atoms with E-state index in [1.54, 1.807) is 0 Å². The highest BCUT2D eigenvalue weighted by Gasteiger charge is 2.24. The Morgan fingerprint density at radius 1 is 1.10 bits per heavy atom. The minimum Gasteiger partial charge on any atom is -0.290 e. The van der Waals surface area contributed by atoms with Crippen molar-refractivity contribution in [1.29, 1.82) is 0 Å². The van der Waals surface area contributed by atoms with Gasteiger partial charge in [-0.25, -0.2) is 0 Å². The molecule has 0 saturated carbocycles. The van der Waals surface area contributed by atoms with Crippen LogP contribution in [0, 0.1) is 6.92 Å². The van der Waals surface area contributed by atoms with Gasteiger partial charge in [0.25, 0.3) is 0 Å². The quantitative estimate of drug-likeness (QED) is 0.866. The zero-order valence-electron chi connectivity index (χ0n) is 13.0. The van der Waals surface area contributed by atoms with Gasteiger partial charge >= 0.3 is 0 Å². The van der Waals surface area contributed by atoms with Crippen LogP contribution in [0.2, 0.25) is 0 Å². The summed E-state index contributed by atoms with van der Waals surface area (Å²) in [5.74, 6) is 0. The zero-order valence-corrected chi connectivity index (χ0v) is 13.0. The second-order valence-electron chi connectivity index (χ2n) is 5.85. The number of likely N-dealkylation sites (N-methyl/N-ethyl adjacent to an activating group) is 1. The highest BCUT2D eigenvalue weighted by Crippen LogP contribution is 2.20. The molecule has 2 aromatic heterocycles. The Balaban J connectivity index is 1.80. The van der Waals surface area contributed by atoms with Crippen LogP contribution < -0.4 is 0 Å². The van der Waals surface area contributed by atoms with E-state index < -0.39 is 0 Å². The standard InChI is InChI=1S/C17H22N4/c1-13-4-6-18-16(10-13)17-11-15(5-7-19-17)12-21-9-8-20(3)14(21)2/h4-7,10-11,14H,8-9,12H2,1-3H3. The van der Waals surface area contributed by atoms with Gasteiger partial charge in [-0.3, -0.25) is 19.8 Å². The lowest BCUT2D eigenvalue weighted by molar-refractivity contribution is 0.170. The number of aromatic nitrogens is 2. The Kier molecular flexibility index (Phi) is 3.99. The molecule has 0 spiro atoms. The van der Waals surface area contributed by atoms with E-state index in [-0.39, 0.29) is 0 Å². The summed E-state index contributed by atoms with van der Waals surface area (Å²) < 4.78 is 0. The van der Waals surface area contributed by atoms with Crippen LogP contribution in [0.25, 0.3) is 11.4 Å². The molecule has 3 rings (SSSR count). The van der Waals surface area contributed by atoms with Crippen molar-refractivity contribution in [2.75, 3.05) is 20.1 Å². The first-order chi connectivity index (χ1) is 10.1. The van der Waals surface area contributed by atoms with Gasteiger partial charge in [0.15, 0.2) is 0 Å². The molecule has 0 aliphatic carbocycles. The molecule has 1 saturated heterocycles. The first-order valence-electron chi connectivity index (χ1n) is 7.46. The fourth-order valence-electron chi connectivity index (χ4n) is 2.77. The molecule has 0 N–H and O–H groups in total. The lowest BCUT2D eigenvalue weighted by Crippen LogP contribution is -2.33. The van der Waals surface area contributed by atoms with Gasteiger partial charge in [-0.05, 0) is 56.3 Å². The van der Waals surface area contributed by atoms with Crippen LogP contribution in [0.1, 0.15) is 18.1 Å². The van der Waals surface area contributed by atoms with Crippen molar-refractivity contribution in [3.63, 3.8) is 0 Å². The molecule has 0 aromatic carbocycles. The number of pyridine rings is 2. The molecule has 4 nitrogen and oxygen atoms in total. The van der Waals surface area contributed by atoms with E-state index in [1.807, 2.05) is 18.5 Å². The molecule has 110 valence electrons. The van der Waals surface area contributed by atoms with Crippen LogP contribution in [-0.2, 0) is 6.54 Å². The van der Waals surface area contributed by atoms with Gasteiger partial charge in [-0.15, -0.1) is 0 Å². The first-order valence-corrected chi connectivity index (χ1v) is 7.46. The van der Waals surface area contributed by atoms with E-state index in [1.165, 1.54) is 11.1 Å². The Bertz CT molecular complexity index is 626. The summed E-state index contributed by atoms with van der Waals surface area (Å²) in [6, 6.07) is 8.35. The Hall–Kier alpha value is -1.78. The van der Waals surface area contributed by atoms with Crippen molar-refractivity contribution in [3.8, 4) is 11.4 Å². The second kappa shape index (κ2) is 5.92. The third-order valence-electron chi connectivity index (χ3n) is 4.29. The number of hydrogen-bond donors (Lipinski definition) is 0. The first kappa shape index (κ1) is 14.2. The van der Waals surface area contributed by atoms with Gasteiger partial charge in [0, 0.05) is 32.0 Å². The zero-order chi connectivity index (χ0) is 14.8. The third kappa shape index (κ3) is 3.12. The molecule has 2 aromatic rings. The fourth-order valence-corrected chi connectivity index (χ4v) is 2.77. The predicted molar refractivity (Wildman–Crippen MR) is 84.7 cm³/mol. The molecule has 1 atom stereocenters. The molecule has 1 aliphatic heterocycles. The molecule has 0 amide bonds. The fraction of sp³-hybridized carbons (Fsp3) is 0.412. The van der Waals surface area contributed by atoms with Gasteiger partial charge in [-0.1, -0.05) is 0 Å². The van der Waals surface area contributed by atoms with Gasteiger partial charge < -0.3 is 0 Å². The van der Waals surface area contributed by atoms with E-state index in [2.05, 4.69) is 58.9 Å². The summed E-state index contributed by atoms with van der Waals surface area (Å²) >= 11 is 0. The van der Waals surface area contributed by atoms with Crippen LogP contribution >= 0.6 is 0 Å². The number of hydrogen-bond acceptors (Lipinski definition) is 4. The van der Waals surface area contributed by atoms with E-state index >= 15 is 0 Å². The molecule has 0 radical (unpaired) electrons. The molecule has 21 heavy (non-hydrogen) atoms. The SMILES string of the molecule is Cc1ccnc(-c2cc(CN3CCN(C)C3C)ccn2)c1. The van der Waals surface area contributed by atoms with Gasteiger partial charge in [0.2, 0.25) is 0 Å². The van der Waals surface area contributed by atoms with Gasteiger partial charge in [0.1, 0.15) is 0 Å². The molecule has 1 unspecified atom stereocenters. The molecular formula is C17H22N4. The maximum absolute atomic E-state index is 4.47. The summed E-state index contributed by atoms with van der Waals surface area (Å²) in [5, 5.41) is 0. The normalized spacial score (nSPS) is 20.0. The van der Waals surface area contributed by atoms with Crippen LogP contribution in [0.15, 0.2) is 36.7 Å². The number of nitrogens with zero attached hydrogens (tertiary/aromatic N) is 4. The molecule has 0 bridgehead atoms. The van der Waals surface area contributed by atoms with Crippen molar-refractivity contribution in [3.05, 3.63) is 47.8 Å². The molecule has 3 heterocycles. The lowest BCUT2D eigenvalue weighted by Gasteiger charge is -2.24. The third-order valence-corrected chi connectivity index (χ3v) is 4.29. The van der Waals surface area contributed by atoms with Crippen molar-refractivity contribution in [2.24, 2.45) is 0 Å². The Labute approximate surface area is 126 Å². The van der Waals surface area contributed by atoms with Crippen molar-refractivity contribution in [2.45, 2.75) is 26.6 Å². The number of aryl methyl sites for hydroxylation is 1. The van der Waals surface area contributed by atoms with Crippen molar-refractivity contribution < 1.29 is 0 Å². The average molecular weight is 282 g/mol. The van der Waals surface area contributed by atoms with E-state index in [0.717, 1.165) is 31.0 Å². The van der Waals surface area contributed by atoms with Crippen LogP contribution in [0.5, 0.6) is 0 Å². The predicted octanol–water partition coefficient (Wildman–Crippen LogP) is 2.55. The Morgan fingerprint density at radius 2 is 1.81 bits per heavy atom. The lowest BCUT2D eigenvalue weighted by atomic mass is 10.1. The minimum absolute atomic E-state index is 0.499.